The van der Waals surface area contributed by atoms with Gasteiger partial charge in [-0.25, -0.2) is 0 Å². The van der Waals surface area contributed by atoms with Crippen molar-refractivity contribution in [2.45, 2.75) is 0 Å². The highest BCUT2D eigenvalue weighted by atomic mass is 14.9. The minimum atomic E-state index is 0.890. The lowest BCUT2D eigenvalue weighted by atomic mass is 9.85. The van der Waals surface area contributed by atoms with E-state index in [9.17, 15) is 10.5 Å². The first-order chi connectivity index (χ1) is 13.8. The number of para-hydroxylation sites is 2. The number of anilines is 4. The van der Waals surface area contributed by atoms with E-state index in [1.54, 1.807) is 12.2 Å². The van der Waals surface area contributed by atoms with Crippen LogP contribution in [0.1, 0.15) is 22.3 Å². The van der Waals surface area contributed by atoms with Crippen LogP contribution in [0.5, 0.6) is 0 Å². The summed E-state index contributed by atoms with van der Waals surface area (Å²) in [6.07, 6.45) is 3.18. The summed E-state index contributed by atoms with van der Waals surface area (Å²) >= 11 is 0. The van der Waals surface area contributed by atoms with E-state index in [2.05, 4.69) is 34.9 Å². The number of benzene rings is 3. The van der Waals surface area contributed by atoms with Gasteiger partial charge in [0.2, 0.25) is 0 Å². The average Bonchev–Trinajstić information content (AvgIpc) is 2.73. The van der Waals surface area contributed by atoms with Gasteiger partial charge >= 0.3 is 0 Å². The number of nitrogens with zero attached hydrogens (tertiary/aromatic N) is 2. The second-order valence-corrected chi connectivity index (χ2v) is 6.66. The molecule has 0 aromatic heterocycles. The van der Waals surface area contributed by atoms with Gasteiger partial charge < -0.3 is 10.6 Å². The lowest BCUT2D eigenvalue weighted by molar-refractivity contribution is 1.38. The molecule has 2 heterocycles. The van der Waals surface area contributed by atoms with Crippen molar-refractivity contribution < 1.29 is 0 Å². The van der Waals surface area contributed by atoms with Crippen molar-refractivity contribution in [1.29, 1.82) is 10.5 Å². The molecule has 4 heteroatoms. The van der Waals surface area contributed by atoms with Crippen LogP contribution in [0.25, 0.3) is 11.1 Å². The van der Waals surface area contributed by atoms with Gasteiger partial charge in [0, 0.05) is 68.3 Å². The zero-order valence-electron chi connectivity index (χ0n) is 14.8. The molecule has 0 saturated carbocycles. The van der Waals surface area contributed by atoms with Gasteiger partial charge in [0.25, 0.3) is 0 Å². The maximum absolute atomic E-state index is 9.34. The molecule has 2 N–H and O–H groups in total. The number of nitrogens with one attached hydrogen (secondary N) is 2. The SMILES string of the molecule is N#C/C=C1\c2ccccc2Nc2cc3c(cc21)Nc1ccccc1/C3=C\C#N. The zero-order chi connectivity index (χ0) is 19.1. The fraction of sp³-hybridized carbons (Fsp3) is 0. The first-order valence-corrected chi connectivity index (χ1v) is 8.91. The number of hydrogen-bond donors (Lipinski definition) is 2. The van der Waals surface area contributed by atoms with Crippen LogP contribution in [0.2, 0.25) is 0 Å². The third-order valence-corrected chi connectivity index (χ3v) is 5.13. The topological polar surface area (TPSA) is 71.6 Å². The molecule has 0 saturated heterocycles. The molecule has 0 spiro atoms. The van der Waals surface area contributed by atoms with Crippen LogP contribution in [0.3, 0.4) is 0 Å². The summed E-state index contributed by atoms with van der Waals surface area (Å²) in [6.45, 7) is 0. The van der Waals surface area contributed by atoms with E-state index in [0.29, 0.717) is 0 Å². The molecule has 3 aromatic carbocycles. The van der Waals surface area contributed by atoms with E-state index < -0.39 is 0 Å². The Balaban J connectivity index is 1.76. The number of allylic oxidation sites excluding steroid dienone is 2. The Hall–Kier alpha value is -4.28. The lowest BCUT2D eigenvalue weighted by Crippen LogP contribution is -2.11. The van der Waals surface area contributed by atoms with Gasteiger partial charge in [-0.3, -0.25) is 0 Å². The van der Waals surface area contributed by atoms with E-state index in [1.165, 1.54) is 0 Å². The van der Waals surface area contributed by atoms with Gasteiger partial charge in [-0.1, -0.05) is 36.4 Å². The fourth-order valence-electron chi connectivity index (χ4n) is 3.93. The van der Waals surface area contributed by atoms with E-state index in [4.69, 9.17) is 0 Å². The van der Waals surface area contributed by atoms with Gasteiger partial charge in [-0.15, -0.1) is 0 Å². The number of fused-ring (bicyclic) bond motifs is 4. The first kappa shape index (κ1) is 15.9. The minimum Gasteiger partial charge on any atom is -0.354 e. The molecule has 3 aromatic rings. The summed E-state index contributed by atoms with van der Waals surface area (Å²) < 4.78 is 0. The molecule has 4 nitrogen and oxygen atoms in total. The van der Waals surface area contributed by atoms with E-state index in [-0.39, 0.29) is 0 Å². The van der Waals surface area contributed by atoms with Crippen LogP contribution in [-0.2, 0) is 0 Å². The van der Waals surface area contributed by atoms with Gasteiger partial charge in [-0.05, 0) is 24.3 Å². The van der Waals surface area contributed by atoms with E-state index >= 15 is 0 Å². The molecule has 0 amide bonds. The summed E-state index contributed by atoms with van der Waals surface area (Å²) in [7, 11) is 0. The molecule has 28 heavy (non-hydrogen) atoms. The molecular formula is C24H14N4. The minimum absolute atomic E-state index is 0.890. The summed E-state index contributed by atoms with van der Waals surface area (Å²) in [5, 5.41) is 25.6. The molecule has 0 fully saturated rings. The molecule has 0 unspecified atom stereocenters. The van der Waals surface area contributed by atoms with Crippen LogP contribution in [0, 0.1) is 22.7 Å². The van der Waals surface area contributed by atoms with Gasteiger partial charge in [0.1, 0.15) is 0 Å². The molecule has 2 aliphatic rings. The number of nitriles is 2. The summed E-state index contributed by atoms with van der Waals surface area (Å²) in [6, 6.07) is 24.4. The third kappa shape index (κ3) is 2.30. The maximum atomic E-state index is 9.34. The molecule has 0 radical (unpaired) electrons. The Labute approximate surface area is 162 Å². The Bertz CT molecular complexity index is 1180. The van der Waals surface area contributed by atoms with Crippen LogP contribution in [-0.4, -0.2) is 0 Å². The molecule has 0 bridgehead atoms. The molecule has 0 aliphatic carbocycles. The van der Waals surface area contributed by atoms with Crippen LogP contribution in [0.15, 0.2) is 72.8 Å². The van der Waals surface area contributed by atoms with Crippen molar-refractivity contribution in [2.75, 3.05) is 10.6 Å². The maximum Gasteiger partial charge on any atom is 0.0918 e. The van der Waals surface area contributed by atoms with Crippen molar-refractivity contribution in [2.24, 2.45) is 0 Å². The molecule has 2 aliphatic heterocycles. The Morgan fingerprint density at radius 2 is 1.00 bits per heavy atom. The smallest absolute Gasteiger partial charge is 0.0918 e. The van der Waals surface area contributed by atoms with Crippen LogP contribution < -0.4 is 10.6 Å². The van der Waals surface area contributed by atoms with E-state index in [1.807, 2.05) is 48.5 Å². The Kier molecular flexibility index (Phi) is 3.50. The summed E-state index contributed by atoms with van der Waals surface area (Å²) in [5.41, 5.74) is 9.47. The largest absolute Gasteiger partial charge is 0.354 e. The highest BCUT2D eigenvalue weighted by Crippen LogP contribution is 2.47. The Morgan fingerprint density at radius 3 is 1.43 bits per heavy atom. The molecule has 5 rings (SSSR count). The quantitative estimate of drug-likeness (QED) is 0.348. The first-order valence-electron chi connectivity index (χ1n) is 8.91. The van der Waals surface area contributed by atoms with Crippen molar-refractivity contribution in [3.63, 3.8) is 0 Å². The normalized spacial score (nSPS) is 15.8. The lowest BCUT2D eigenvalue weighted by Gasteiger charge is -2.29. The Morgan fingerprint density at radius 1 is 0.571 bits per heavy atom. The molecule has 0 atom stereocenters. The van der Waals surface area contributed by atoms with Crippen LogP contribution in [0.4, 0.5) is 22.7 Å². The number of rotatable bonds is 0. The summed E-state index contributed by atoms with van der Waals surface area (Å²) in [5.74, 6) is 0. The van der Waals surface area contributed by atoms with Gasteiger partial charge in [0.05, 0.1) is 12.1 Å². The van der Waals surface area contributed by atoms with Gasteiger partial charge in [-0.2, -0.15) is 10.5 Å². The van der Waals surface area contributed by atoms with Crippen molar-refractivity contribution in [1.82, 2.24) is 0 Å². The fourth-order valence-corrected chi connectivity index (χ4v) is 3.93. The van der Waals surface area contributed by atoms with Crippen molar-refractivity contribution in [3.05, 3.63) is 95.1 Å². The second-order valence-electron chi connectivity index (χ2n) is 6.66. The zero-order valence-corrected chi connectivity index (χ0v) is 14.8. The van der Waals surface area contributed by atoms with Crippen molar-refractivity contribution in [3.8, 4) is 12.1 Å². The average molecular weight is 358 g/mol. The standard InChI is InChI=1S/C24H14N4/c25-11-9-15-17-5-1-3-7-21(17)27-23-14-20-16(10-12-26)18-6-2-4-8-22(18)28-24(20)13-19(15)23/h1-10,13-14,27-28H/b15-9+,16-10+. The monoisotopic (exact) mass is 358 g/mol. The highest BCUT2D eigenvalue weighted by Gasteiger charge is 2.26. The predicted octanol–water partition coefficient (Wildman–Crippen LogP) is 5.71. The predicted molar refractivity (Wildman–Crippen MR) is 111 cm³/mol. The highest BCUT2D eigenvalue weighted by molar-refractivity contribution is 6.04. The van der Waals surface area contributed by atoms with E-state index in [0.717, 1.165) is 56.1 Å². The molecular weight excluding hydrogens is 344 g/mol. The van der Waals surface area contributed by atoms with Gasteiger partial charge in [0.15, 0.2) is 0 Å². The third-order valence-electron chi connectivity index (χ3n) is 5.13. The summed E-state index contributed by atoms with van der Waals surface area (Å²) in [4.78, 5) is 0. The second kappa shape index (κ2) is 6.16. The van der Waals surface area contributed by atoms with Crippen molar-refractivity contribution >= 4 is 33.9 Å². The molecule has 130 valence electrons. The number of hydrogen-bond acceptors (Lipinski definition) is 4. The van der Waals surface area contributed by atoms with Crippen LogP contribution >= 0.6 is 0 Å².